The SMILES string of the molecule is C/C=C/C(F)(F)OCCc1ccc2[nH]c(Cn3cc4c(C(=O)C(CC)CC[C@H](CC)C(C)=O)nccc4n3)cc2c1. The number of hydrogen-bond donors (Lipinski definition) is 1. The quantitative estimate of drug-likeness (QED) is 0.121. The van der Waals surface area contributed by atoms with Crippen molar-refractivity contribution in [3.8, 4) is 0 Å². The molecule has 0 saturated heterocycles. The molecule has 3 heterocycles. The average Bonchev–Trinajstić information content (AvgIpc) is 3.53. The Morgan fingerprint density at radius 1 is 1.12 bits per heavy atom. The molecule has 3 aromatic heterocycles. The maximum Gasteiger partial charge on any atom is 0.376 e. The van der Waals surface area contributed by atoms with Gasteiger partial charge in [0.1, 0.15) is 11.5 Å². The zero-order chi connectivity index (χ0) is 29.6. The highest BCUT2D eigenvalue weighted by atomic mass is 19.3. The Kier molecular flexibility index (Phi) is 9.81. The average molecular weight is 565 g/mol. The Morgan fingerprint density at radius 3 is 2.59 bits per heavy atom. The molecule has 0 fully saturated rings. The van der Waals surface area contributed by atoms with Gasteiger partial charge in [-0.3, -0.25) is 19.3 Å². The van der Waals surface area contributed by atoms with E-state index in [4.69, 9.17) is 4.74 Å². The van der Waals surface area contributed by atoms with E-state index in [2.05, 4.69) is 15.1 Å². The fourth-order valence-electron chi connectivity index (χ4n) is 5.29. The van der Waals surface area contributed by atoms with Crippen molar-refractivity contribution in [2.45, 2.75) is 72.5 Å². The number of hydrogen-bond acceptors (Lipinski definition) is 5. The largest absolute Gasteiger partial charge is 0.376 e. The van der Waals surface area contributed by atoms with Crippen molar-refractivity contribution in [2.24, 2.45) is 11.8 Å². The molecule has 0 radical (unpaired) electrons. The highest BCUT2D eigenvalue weighted by molar-refractivity contribution is 6.06. The predicted molar refractivity (Wildman–Crippen MR) is 156 cm³/mol. The van der Waals surface area contributed by atoms with E-state index in [0.717, 1.165) is 34.7 Å². The number of aromatic amines is 1. The molecule has 0 aliphatic heterocycles. The van der Waals surface area contributed by atoms with Gasteiger partial charge < -0.3 is 9.72 Å². The van der Waals surface area contributed by atoms with E-state index in [-0.39, 0.29) is 30.0 Å². The lowest BCUT2D eigenvalue weighted by atomic mass is 9.87. The van der Waals surface area contributed by atoms with Crippen LogP contribution in [0, 0.1) is 11.8 Å². The summed E-state index contributed by atoms with van der Waals surface area (Å²) in [5, 5.41) is 6.36. The second-order valence-corrected chi connectivity index (χ2v) is 10.6. The van der Waals surface area contributed by atoms with Crippen molar-refractivity contribution >= 4 is 33.4 Å². The number of nitrogens with one attached hydrogen (secondary N) is 1. The second-order valence-electron chi connectivity index (χ2n) is 10.6. The Balaban J connectivity index is 1.47. The Morgan fingerprint density at radius 2 is 1.88 bits per heavy atom. The first-order chi connectivity index (χ1) is 19.6. The first kappa shape index (κ1) is 30.2. The maximum absolute atomic E-state index is 13.5. The minimum absolute atomic E-state index is 0.0124. The van der Waals surface area contributed by atoms with Crippen LogP contribution in [-0.2, 0) is 22.5 Å². The summed E-state index contributed by atoms with van der Waals surface area (Å²) in [5.74, 6) is -0.0607. The maximum atomic E-state index is 13.5. The van der Waals surface area contributed by atoms with Gasteiger partial charge in [0.2, 0.25) is 0 Å². The monoisotopic (exact) mass is 564 g/mol. The summed E-state index contributed by atoms with van der Waals surface area (Å²) in [6, 6.07) is 9.60. The minimum Gasteiger partial charge on any atom is -0.357 e. The van der Waals surface area contributed by atoms with E-state index in [0.29, 0.717) is 48.8 Å². The number of H-pyrrole nitrogens is 1. The number of rotatable bonds is 15. The summed E-state index contributed by atoms with van der Waals surface area (Å²) in [7, 11) is 0. The number of carbonyl (C=O) groups excluding carboxylic acids is 2. The molecule has 4 aromatic rings. The molecule has 0 aliphatic carbocycles. The van der Waals surface area contributed by atoms with E-state index in [1.165, 1.54) is 13.0 Å². The molecule has 1 unspecified atom stereocenters. The number of allylic oxidation sites excluding steroid dienone is 1. The minimum atomic E-state index is -3.27. The standard InChI is InChI=1S/C32H38F2N4O3/c1-5-14-32(33,34)41-16-13-22-8-11-28-25(17-22)18-26(36-28)19-38-20-27-29(37-38)12-15-35-30(27)31(40)24(7-3)10-9-23(6-2)21(4)39/h5,8,11-12,14-15,17-18,20,23-24,36H,6-7,9-10,13,16,19H2,1-4H3/b14-5+/t23-,24?/m0/s1. The number of carbonyl (C=O) groups is 2. The van der Waals surface area contributed by atoms with Crippen molar-refractivity contribution in [2.75, 3.05) is 6.61 Å². The summed E-state index contributed by atoms with van der Waals surface area (Å²) < 4.78 is 33.6. The Labute approximate surface area is 239 Å². The van der Waals surface area contributed by atoms with Gasteiger partial charge in [0.15, 0.2) is 5.78 Å². The van der Waals surface area contributed by atoms with E-state index in [1.54, 1.807) is 23.9 Å². The number of Topliss-reactive ketones (excluding diaryl/α,β-unsaturated/α-hetero) is 2. The number of benzene rings is 1. The summed E-state index contributed by atoms with van der Waals surface area (Å²) in [6.45, 7) is 7.51. The molecule has 4 rings (SSSR count). The van der Waals surface area contributed by atoms with Gasteiger partial charge in [-0.05, 0) is 81.2 Å². The second kappa shape index (κ2) is 13.3. The third kappa shape index (κ3) is 7.52. The molecule has 0 spiro atoms. The lowest BCUT2D eigenvalue weighted by Gasteiger charge is -2.17. The van der Waals surface area contributed by atoms with Crippen LogP contribution in [0.25, 0.3) is 21.8 Å². The van der Waals surface area contributed by atoms with Gasteiger partial charge in [0.25, 0.3) is 0 Å². The van der Waals surface area contributed by atoms with Crippen LogP contribution < -0.4 is 0 Å². The van der Waals surface area contributed by atoms with Crippen LogP contribution in [0.15, 0.2) is 54.9 Å². The first-order valence-corrected chi connectivity index (χ1v) is 14.3. The number of halogens is 2. The van der Waals surface area contributed by atoms with E-state index in [9.17, 15) is 18.4 Å². The van der Waals surface area contributed by atoms with E-state index >= 15 is 0 Å². The van der Waals surface area contributed by atoms with Crippen molar-refractivity contribution in [3.05, 3.63) is 71.8 Å². The summed E-state index contributed by atoms with van der Waals surface area (Å²) in [5.41, 5.74) is 3.86. The van der Waals surface area contributed by atoms with E-state index in [1.807, 2.05) is 44.3 Å². The van der Waals surface area contributed by atoms with Gasteiger partial charge in [-0.2, -0.15) is 13.9 Å². The molecule has 1 aromatic carbocycles. The number of aromatic nitrogens is 4. The zero-order valence-electron chi connectivity index (χ0n) is 24.1. The molecule has 7 nitrogen and oxygen atoms in total. The summed E-state index contributed by atoms with van der Waals surface area (Å²) in [6.07, 6.45) is 5.39. The topological polar surface area (TPSA) is 89.9 Å². The van der Waals surface area contributed by atoms with Gasteiger partial charge >= 0.3 is 6.11 Å². The molecule has 9 heteroatoms. The number of pyridine rings is 1. The van der Waals surface area contributed by atoms with Gasteiger partial charge in [-0.25, -0.2) is 0 Å². The Bertz CT molecular complexity index is 1540. The van der Waals surface area contributed by atoms with Gasteiger partial charge in [-0.15, -0.1) is 0 Å². The lowest BCUT2D eigenvalue weighted by molar-refractivity contribution is -0.199. The smallest absolute Gasteiger partial charge is 0.357 e. The van der Waals surface area contributed by atoms with Crippen molar-refractivity contribution in [1.82, 2.24) is 19.7 Å². The number of alkyl halides is 2. The first-order valence-electron chi connectivity index (χ1n) is 14.3. The third-order valence-corrected chi connectivity index (χ3v) is 7.63. The van der Waals surface area contributed by atoms with E-state index < -0.39 is 6.11 Å². The van der Waals surface area contributed by atoms with Gasteiger partial charge in [0, 0.05) is 46.9 Å². The molecule has 0 aliphatic rings. The molecule has 0 bridgehead atoms. The number of nitrogens with zero attached hydrogens (tertiary/aromatic N) is 3. The van der Waals surface area contributed by atoms with Gasteiger partial charge in [0.05, 0.1) is 18.7 Å². The van der Waals surface area contributed by atoms with Crippen molar-refractivity contribution in [1.29, 1.82) is 0 Å². The molecular formula is C32H38F2N4O3. The molecule has 41 heavy (non-hydrogen) atoms. The highest BCUT2D eigenvalue weighted by Gasteiger charge is 2.26. The van der Waals surface area contributed by atoms with Crippen LogP contribution in [0.4, 0.5) is 8.78 Å². The normalized spacial score (nSPS) is 13.8. The molecule has 0 saturated carbocycles. The number of fused-ring (bicyclic) bond motifs is 2. The van der Waals surface area contributed by atoms with Crippen LogP contribution in [0.1, 0.15) is 75.1 Å². The van der Waals surface area contributed by atoms with Crippen LogP contribution in [0.2, 0.25) is 0 Å². The lowest BCUT2D eigenvalue weighted by Crippen LogP contribution is -2.19. The molecular weight excluding hydrogens is 526 g/mol. The molecule has 2 atom stereocenters. The van der Waals surface area contributed by atoms with Crippen LogP contribution in [-0.4, -0.2) is 44.0 Å². The zero-order valence-corrected chi connectivity index (χ0v) is 24.1. The van der Waals surface area contributed by atoms with Crippen molar-refractivity contribution < 1.29 is 23.1 Å². The Hall–Kier alpha value is -3.72. The fourth-order valence-corrected chi connectivity index (χ4v) is 5.29. The van der Waals surface area contributed by atoms with Crippen LogP contribution >= 0.6 is 0 Å². The molecule has 1 N–H and O–H groups in total. The summed E-state index contributed by atoms with van der Waals surface area (Å²) >= 11 is 0. The molecule has 0 amide bonds. The number of ether oxygens (including phenoxy) is 1. The summed E-state index contributed by atoms with van der Waals surface area (Å²) in [4.78, 5) is 33.2. The van der Waals surface area contributed by atoms with Gasteiger partial charge in [-0.1, -0.05) is 26.0 Å². The van der Waals surface area contributed by atoms with Crippen LogP contribution in [0.5, 0.6) is 0 Å². The predicted octanol–water partition coefficient (Wildman–Crippen LogP) is 7.29. The van der Waals surface area contributed by atoms with Crippen molar-refractivity contribution in [3.63, 3.8) is 0 Å². The van der Waals surface area contributed by atoms with Crippen LogP contribution in [0.3, 0.4) is 0 Å². The molecule has 218 valence electrons. The third-order valence-electron chi connectivity index (χ3n) is 7.63. The fraction of sp³-hybridized carbons (Fsp3) is 0.438. The number of ketones is 2. The highest BCUT2D eigenvalue weighted by Crippen LogP contribution is 2.26.